The third kappa shape index (κ3) is 4.13. The standard InChI is InChI=1S/C15H14FN7.C7H14/c1-9-19-12-3-2-11(20-14(12)22(9)7-5-16)10-4-6-23-13(10)8-18-15(17)21-23;1-7-5-3-2-4-6-7/h2-4,6,8H,5,7H2,1H3,(H2,17,21);7H,2-6H2,1H3. The van der Waals surface area contributed by atoms with Crippen molar-refractivity contribution < 1.29 is 4.39 Å². The summed E-state index contributed by atoms with van der Waals surface area (Å²) >= 11 is 0. The number of pyridine rings is 1. The summed E-state index contributed by atoms with van der Waals surface area (Å²) in [5.74, 6) is 1.99. The predicted molar refractivity (Wildman–Crippen MR) is 117 cm³/mol. The van der Waals surface area contributed by atoms with Crippen molar-refractivity contribution >= 4 is 22.6 Å². The van der Waals surface area contributed by atoms with Crippen molar-refractivity contribution in [2.75, 3.05) is 12.4 Å². The summed E-state index contributed by atoms with van der Waals surface area (Å²) in [7, 11) is 0. The number of halogens is 1. The van der Waals surface area contributed by atoms with Crippen LogP contribution in [0.15, 0.2) is 30.6 Å². The molecule has 30 heavy (non-hydrogen) atoms. The molecule has 0 aromatic carbocycles. The Labute approximate surface area is 175 Å². The molecule has 0 spiro atoms. The monoisotopic (exact) mass is 409 g/mol. The number of hydrogen-bond donors (Lipinski definition) is 1. The summed E-state index contributed by atoms with van der Waals surface area (Å²) < 4.78 is 16.2. The Morgan fingerprint density at radius 1 is 1.13 bits per heavy atom. The molecule has 0 unspecified atom stereocenters. The van der Waals surface area contributed by atoms with Gasteiger partial charge >= 0.3 is 0 Å². The van der Waals surface area contributed by atoms with E-state index in [2.05, 4.69) is 27.0 Å². The van der Waals surface area contributed by atoms with Crippen molar-refractivity contribution in [1.29, 1.82) is 0 Å². The van der Waals surface area contributed by atoms with Crippen molar-refractivity contribution in [1.82, 2.24) is 29.1 Å². The average Bonchev–Trinajstić information content (AvgIpc) is 3.29. The van der Waals surface area contributed by atoms with Crippen LogP contribution in [0.4, 0.5) is 10.3 Å². The molecule has 4 aromatic rings. The molecule has 2 N–H and O–H groups in total. The van der Waals surface area contributed by atoms with E-state index in [1.165, 1.54) is 32.1 Å². The third-order valence-electron chi connectivity index (χ3n) is 5.70. The van der Waals surface area contributed by atoms with Crippen molar-refractivity contribution in [3.05, 3.63) is 36.4 Å². The summed E-state index contributed by atoms with van der Waals surface area (Å²) in [5, 5.41) is 4.12. The fourth-order valence-electron chi connectivity index (χ4n) is 4.05. The molecule has 7 nitrogen and oxygen atoms in total. The van der Waals surface area contributed by atoms with Gasteiger partial charge in [0.05, 0.1) is 24.0 Å². The molecule has 0 atom stereocenters. The van der Waals surface area contributed by atoms with Crippen molar-refractivity contribution in [3.8, 4) is 11.3 Å². The number of fused-ring (bicyclic) bond motifs is 2. The highest BCUT2D eigenvalue weighted by molar-refractivity contribution is 5.82. The number of hydrogen-bond acceptors (Lipinski definition) is 5. The van der Waals surface area contributed by atoms with Gasteiger partial charge in [-0.3, -0.25) is 0 Å². The summed E-state index contributed by atoms with van der Waals surface area (Å²) in [6.45, 7) is 4.00. The molecule has 4 heterocycles. The molecule has 1 aliphatic carbocycles. The highest BCUT2D eigenvalue weighted by Crippen LogP contribution is 2.26. The van der Waals surface area contributed by atoms with Crippen LogP contribution in [-0.2, 0) is 6.54 Å². The van der Waals surface area contributed by atoms with E-state index in [-0.39, 0.29) is 12.5 Å². The second-order valence-electron chi connectivity index (χ2n) is 7.96. The Balaban J connectivity index is 0.000000265. The molecule has 158 valence electrons. The zero-order chi connectivity index (χ0) is 21.1. The number of aromatic nitrogens is 6. The lowest BCUT2D eigenvalue weighted by molar-refractivity contribution is 0.385. The van der Waals surface area contributed by atoms with Gasteiger partial charge in [-0.15, -0.1) is 5.10 Å². The van der Waals surface area contributed by atoms with E-state index in [0.717, 1.165) is 34.0 Å². The summed E-state index contributed by atoms with van der Waals surface area (Å²) in [6.07, 6.45) is 10.9. The third-order valence-corrected chi connectivity index (χ3v) is 5.70. The van der Waals surface area contributed by atoms with Gasteiger partial charge < -0.3 is 10.3 Å². The van der Waals surface area contributed by atoms with Gasteiger partial charge in [0.2, 0.25) is 5.95 Å². The van der Waals surface area contributed by atoms with E-state index in [9.17, 15) is 4.39 Å². The number of nitrogens with zero attached hydrogens (tertiary/aromatic N) is 6. The zero-order valence-corrected chi connectivity index (χ0v) is 17.6. The molecule has 8 heteroatoms. The molecule has 0 amide bonds. The predicted octanol–water partition coefficient (Wildman–Crippen LogP) is 4.59. The second kappa shape index (κ2) is 8.77. The van der Waals surface area contributed by atoms with Gasteiger partial charge in [0, 0.05) is 11.8 Å². The smallest absolute Gasteiger partial charge is 0.238 e. The summed E-state index contributed by atoms with van der Waals surface area (Å²) in [5.41, 5.74) is 9.47. The van der Waals surface area contributed by atoms with Crippen LogP contribution in [-0.4, -0.2) is 35.8 Å². The van der Waals surface area contributed by atoms with Crippen LogP contribution in [0.3, 0.4) is 0 Å². The second-order valence-corrected chi connectivity index (χ2v) is 7.96. The number of anilines is 1. The van der Waals surface area contributed by atoms with Crippen LogP contribution in [0.1, 0.15) is 44.9 Å². The maximum atomic E-state index is 12.8. The minimum absolute atomic E-state index is 0.208. The van der Waals surface area contributed by atoms with E-state index < -0.39 is 6.67 Å². The van der Waals surface area contributed by atoms with Gasteiger partial charge in [-0.1, -0.05) is 39.0 Å². The minimum atomic E-state index is -0.458. The van der Waals surface area contributed by atoms with Crippen LogP contribution < -0.4 is 5.73 Å². The fourth-order valence-corrected chi connectivity index (χ4v) is 4.05. The minimum Gasteiger partial charge on any atom is -0.367 e. The van der Waals surface area contributed by atoms with E-state index in [4.69, 9.17) is 5.73 Å². The van der Waals surface area contributed by atoms with Gasteiger partial charge in [0.15, 0.2) is 5.65 Å². The van der Waals surface area contributed by atoms with Crippen LogP contribution >= 0.6 is 0 Å². The SMILES string of the molecule is CC1CCCCC1.Cc1nc2ccc(-c3ccn4nc(N)ncc34)nc2n1CCF. The maximum absolute atomic E-state index is 12.8. The quantitative estimate of drug-likeness (QED) is 0.535. The molecule has 1 saturated carbocycles. The number of imidazole rings is 1. The van der Waals surface area contributed by atoms with Gasteiger partial charge in [0.1, 0.15) is 18.0 Å². The summed E-state index contributed by atoms with van der Waals surface area (Å²) in [4.78, 5) is 13.1. The first kappa shape index (κ1) is 20.3. The van der Waals surface area contributed by atoms with Crippen molar-refractivity contribution in [3.63, 3.8) is 0 Å². The molecule has 0 saturated heterocycles. The topological polar surface area (TPSA) is 86.9 Å². The van der Waals surface area contributed by atoms with Crippen LogP contribution in [0.2, 0.25) is 0 Å². The van der Waals surface area contributed by atoms with Gasteiger partial charge in [0.25, 0.3) is 0 Å². The Hall–Kier alpha value is -3.03. The first-order chi connectivity index (χ1) is 14.6. The first-order valence-corrected chi connectivity index (χ1v) is 10.6. The molecular weight excluding hydrogens is 381 g/mol. The molecule has 4 aromatic heterocycles. The Morgan fingerprint density at radius 3 is 2.63 bits per heavy atom. The fraction of sp³-hybridized carbons (Fsp3) is 0.455. The highest BCUT2D eigenvalue weighted by Gasteiger charge is 2.13. The lowest BCUT2D eigenvalue weighted by Gasteiger charge is -2.15. The maximum Gasteiger partial charge on any atom is 0.238 e. The van der Waals surface area contributed by atoms with E-state index in [0.29, 0.717) is 5.65 Å². The lowest BCUT2D eigenvalue weighted by atomic mass is 9.91. The molecular formula is C22H28FN7. The summed E-state index contributed by atoms with van der Waals surface area (Å²) in [6, 6.07) is 5.68. The Bertz CT molecular complexity index is 1140. The van der Waals surface area contributed by atoms with Crippen LogP contribution in [0, 0.1) is 12.8 Å². The molecule has 0 radical (unpaired) electrons. The Morgan fingerprint density at radius 2 is 1.93 bits per heavy atom. The van der Waals surface area contributed by atoms with Gasteiger partial charge in [-0.2, -0.15) is 0 Å². The Kier molecular flexibility index (Phi) is 5.92. The van der Waals surface area contributed by atoms with Crippen LogP contribution in [0.5, 0.6) is 0 Å². The average molecular weight is 410 g/mol. The zero-order valence-electron chi connectivity index (χ0n) is 17.6. The lowest BCUT2D eigenvalue weighted by Crippen LogP contribution is -2.03. The number of alkyl halides is 1. The van der Waals surface area contributed by atoms with E-state index >= 15 is 0 Å². The number of nitrogen functional groups attached to an aromatic ring is 1. The van der Waals surface area contributed by atoms with Gasteiger partial charge in [-0.25, -0.2) is 23.9 Å². The van der Waals surface area contributed by atoms with Gasteiger partial charge in [-0.05, 0) is 31.0 Å². The molecule has 1 aliphatic rings. The highest BCUT2D eigenvalue weighted by atomic mass is 19.1. The molecule has 1 fully saturated rings. The van der Waals surface area contributed by atoms with Crippen molar-refractivity contribution in [2.45, 2.75) is 52.5 Å². The number of rotatable bonds is 3. The largest absolute Gasteiger partial charge is 0.367 e. The first-order valence-electron chi connectivity index (χ1n) is 10.6. The molecule has 0 aliphatic heterocycles. The normalized spacial score (nSPS) is 14.8. The molecule has 5 rings (SSSR count). The van der Waals surface area contributed by atoms with Crippen LogP contribution in [0.25, 0.3) is 27.9 Å². The van der Waals surface area contributed by atoms with Crippen molar-refractivity contribution in [2.24, 2.45) is 5.92 Å². The van der Waals surface area contributed by atoms with E-state index in [1.54, 1.807) is 21.5 Å². The number of aryl methyl sites for hydroxylation is 2. The van der Waals surface area contributed by atoms with E-state index in [1.807, 2.05) is 25.1 Å². The molecule has 0 bridgehead atoms. The number of nitrogens with two attached hydrogens (primary N) is 1.